The Bertz CT molecular complexity index is 594. The molecule has 0 saturated heterocycles. The second-order valence-corrected chi connectivity index (χ2v) is 6.17. The van der Waals surface area contributed by atoms with E-state index in [1.807, 2.05) is 0 Å². The molecular weight excluding hydrogens is 268 g/mol. The summed E-state index contributed by atoms with van der Waals surface area (Å²) in [6, 6.07) is 17.0. The molecule has 0 heterocycles. The summed E-state index contributed by atoms with van der Waals surface area (Å²) in [4.78, 5) is 6.44. The third kappa shape index (κ3) is 4.28. The quantitative estimate of drug-likeness (QED) is 0.623. The molecule has 1 N–H and O–H groups in total. The van der Waals surface area contributed by atoms with Crippen LogP contribution >= 0.6 is 0 Å². The van der Waals surface area contributed by atoms with Gasteiger partial charge in [0, 0.05) is 24.1 Å². The van der Waals surface area contributed by atoms with Crippen molar-refractivity contribution >= 4 is 5.71 Å². The summed E-state index contributed by atoms with van der Waals surface area (Å²) in [6.45, 7) is 6.35. The van der Waals surface area contributed by atoms with E-state index in [9.17, 15) is 0 Å². The lowest BCUT2D eigenvalue weighted by Gasteiger charge is -2.13. The van der Waals surface area contributed by atoms with Crippen molar-refractivity contribution in [2.45, 2.75) is 20.3 Å². The van der Waals surface area contributed by atoms with Gasteiger partial charge in [0.25, 0.3) is 0 Å². The number of benzene rings is 2. The number of hydrogen-bond donors (Lipinski definition) is 1. The molecule has 2 nitrogen and oxygen atoms in total. The molecule has 0 aromatic heterocycles. The average molecular weight is 295 g/mol. The standard InChI is InChI=1S/C20H26N2/c1-16-10-5-7-12-18(16)20(21-14-9-15-22(3)4)19-13-8-6-11-17(19)2/h5-8,10-13H,9,14-15H2,1-4H3/p+1. The van der Waals surface area contributed by atoms with Gasteiger partial charge in [-0.15, -0.1) is 0 Å². The molecule has 0 atom stereocenters. The third-order valence-corrected chi connectivity index (χ3v) is 3.91. The summed E-state index contributed by atoms with van der Waals surface area (Å²) >= 11 is 0. The van der Waals surface area contributed by atoms with E-state index < -0.39 is 0 Å². The lowest BCUT2D eigenvalue weighted by Crippen LogP contribution is -3.05. The maximum absolute atomic E-state index is 4.96. The van der Waals surface area contributed by atoms with Crippen LogP contribution in [0.3, 0.4) is 0 Å². The van der Waals surface area contributed by atoms with Crippen molar-refractivity contribution in [2.75, 3.05) is 27.2 Å². The van der Waals surface area contributed by atoms with Gasteiger partial charge in [-0.2, -0.15) is 0 Å². The fourth-order valence-electron chi connectivity index (χ4n) is 2.62. The van der Waals surface area contributed by atoms with E-state index in [4.69, 9.17) is 4.99 Å². The van der Waals surface area contributed by atoms with Crippen LogP contribution in [0.2, 0.25) is 0 Å². The summed E-state index contributed by atoms with van der Waals surface area (Å²) in [5, 5.41) is 0. The molecule has 0 amide bonds. The monoisotopic (exact) mass is 295 g/mol. The summed E-state index contributed by atoms with van der Waals surface area (Å²) in [5.74, 6) is 0. The zero-order valence-electron chi connectivity index (χ0n) is 14.2. The lowest BCUT2D eigenvalue weighted by atomic mass is 9.95. The molecular formula is C20H27N2+. The number of nitrogens with zero attached hydrogens (tertiary/aromatic N) is 1. The molecule has 0 radical (unpaired) electrons. The number of aryl methyl sites for hydroxylation is 2. The van der Waals surface area contributed by atoms with Gasteiger partial charge in [-0.25, -0.2) is 0 Å². The van der Waals surface area contributed by atoms with Crippen LogP contribution < -0.4 is 4.90 Å². The second kappa shape index (κ2) is 7.90. The molecule has 0 spiro atoms. The number of hydrogen-bond acceptors (Lipinski definition) is 1. The van der Waals surface area contributed by atoms with Crippen LogP contribution in [0.4, 0.5) is 0 Å². The van der Waals surface area contributed by atoms with E-state index in [2.05, 4.69) is 76.5 Å². The lowest BCUT2D eigenvalue weighted by molar-refractivity contribution is -0.858. The maximum atomic E-state index is 4.96. The van der Waals surface area contributed by atoms with Crippen molar-refractivity contribution in [2.24, 2.45) is 4.99 Å². The SMILES string of the molecule is Cc1ccccc1C(=NCCC[NH+](C)C)c1ccccc1C. The van der Waals surface area contributed by atoms with Crippen molar-refractivity contribution in [3.05, 3.63) is 70.8 Å². The smallest absolute Gasteiger partial charge is 0.0784 e. The Morgan fingerprint density at radius 3 is 1.82 bits per heavy atom. The minimum Gasteiger partial charge on any atom is -0.340 e. The van der Waals surface area contributed by atoms with Crippen LogP contribution in [-0.4, -0.2) is 32.9 Å². The summed E-state index contributed by atoms with van der Waals surface area (Å²) in [5.41, 5.74) is 6.18. The summed E-state index contributed by atoms with van der Waals surface area (Å²) in [7, 11) is 4.38. The van der Waals surface area contributed by atoms with Crippen LogP contribution in [0, 0.1) is 13.8 Å². The number of rotatable bonds is 6. The number of quaternary nitrogens is 1. The van der Waals surface area contributed by atoms with E-state index in [-0.39, 0.29) is 0 Å². The molecule has 0 saturated carbocycles. The highest BCUT2D eigenvalue weighted by Gasteiger charge is 2.11. The van der Waals surface area contributed by atoms with Crippen molar-refractivity contribution in [1.29, 1.82) is 0 Å². The highest BCUT2D eigenvalue weighted by molar-refractivity contribution is 6.14. The van der Waals surface area contributed by atoms with E-state index in [0.29, 0.717) is 0 Å². The molecule has 2 aromatic rings. The molecule has 0 aliphatic rings. The normalized spacial score (nSPS) is 10.8. The van der Waals surface area contributed by atoms with Crippen LogP contribution in [0.15, 0.2) is 53.5 Å². The Kier molecular flexibility index (Phi) is 5.91. The first-order valence-electron chi connectivity index (χ1n) is 8.05. The third-order valence-electron chi connectivity index (χ3n) is 3.91. The van der Waals surface area contributed by atoms with Gasteiger partial charge in [0.05, 0.1) is 26.4 Å². The Hall–Kier alpha value is -1.93. The number of nitrogens with one attached hydrogen (secondary N) is 1. The van der Waals surface area contributed by atoms with Gasteiger partial charge < -0.3 is 4.90 Å². The first-order valence-corrected chi connectivity index (χ1v) is 8.05. The highest BCUT2D eigenvalue weighted by atomic mass is 15.0. The average Bonchev–Trinajstić information content (AvgIpc) is 2.49. The van der Waals surface area contributed by atoms with E-state index in [1.165, 1.54) is 27.2 Å². The minimum absolute atomic E-state index is 0.878. The summed E-state index contributed by atoms with van der Waals surface area (Å²) in [6.07, 6.45) is 1.11. The molecule has 116 valence electrons. The predicted octanol–water partition coefficient (Wildman–Crippen LogP) is 2.68. The topological polar surface area (TPSA) is 16.8 Å². The molecule has 2 heteroatoms. The maximum Gasteiger partial charge on any atom is 0.0784 e. The van der Waals surface area contributed by atoms with Crippen LogP contribution in [-0.2, 0) is 0 Å². The largest absolute Gasteiger partial charge is 0.340 e. The second-order valence-electron chi connectivity index (χ2n) is 6.17. The van der Waals surface area contributed by atoms with Gasteiger partial charge in [-0.1, -0.05) is 48.5 Å². The molecule has 0 fully saturated rings. The van der Waals surface area contributed by atoms with E-state index in [0.717, 1.165) is 25.2 Å². The van der Waals surface area contributed by atoms with Gasteiger partial charge in [0.15, 0.2) is 0 Å². The molecule has 2 rings (SSSR count). The van der Waals surface area contributed by atoms with Crippen molar-refractivity contribution in [3.63, 3.8) is 0 Å². The molecule has 2 aromatic carbocycles. The zero-order valence-corrected chi connectivity index (χ0v) is 14.2. The highest BCUT2D eigenvalue weighted by Crippen LogP contribution is 2.18. The molecule has 0 bridgehead atoms. The number of aliphatic imine (C=N–C) groups is 1. The van der Waals surface area contributed by atoms with Crippen LogP contribution in [0.1, 0.15) is 28.7 Å². The van der Waals surface area contributed by atoms with Crippen molar-refractivity contribution in [3.8, 4) is 0 Å². The van der Waals surface area contributed by atoms with Gasteiger partial charge in [-0.05, 0) is 25.0 Å². The Morgan fingerprint density at radius 2 is 1.36 bits per heavy atom. The molecule has 0 aliphatic heterocycles. The fraction of sp³-hybridized carbons (Fsp3) is 0.350. The van der Waals surface area contributed by atoms with Crippen LogP contribution in [0.5, 0.6) is 0 Å². The van der Waals surface area contributed by atoms with E-state index in [1.54, 1.807) is 0 Å². The molecule has 0 aliphatic carbocycles. The minimum atomic E-state index is 0.878. The Labute approximate surface area is 134 Å². The van der Waals surface area contributed by atoms with Crippen LogP contribution in [0.25, 0.3) is 0 Å². The van der Waals surface area contributed by atoms with Gasteiger partial charge in [0.2, 0.25) is 0 Å². The molecule has 22 heavy (non-hydrogen) atoms. The Morgan fingerprint density at radius 1 is 0.864 bits per heavy atom. The first kappa shape index (κ1) is 16.4. The Balaban J connectivity index is 2.35. The van der Waals surface area contributed by atoms with Crippen molar-refractivity contribution in [1.82, 2.24) is 0 Å². The van der Waals surface area contributed by atoms with E-state index >= 15 is 0 Å². The van der Waals surface area contributed by atoms with Gasteiger partial charge >= 0.3 is 0 Å². The van der Waals surface area contributed by atoms with Gasteiger partial charge in [0.1, 0.15) is 0 Å². The predicted molar refractivity (Wildman–Crippen MR) is 95.2 cm³/mol. The first-order chi connectivity index (χ1) is 10.6. The zero-order chi connectivity index (χ0) is 15.9. The van der Waals surface area contributed by atoms with Gasteiger partial charge in [-0.3, -0.25) is 4.99 Å². The fourth-order valence-corrected chi connectivity index (χ4v) is 2.62. The van der Waals surface area contributed by atoms with Crippen molar-refractivity contribution < 1.29 is 4.90 Å². The molecule has 0 unspecified atom stereocenters. The summed E-state index contributed by atoms with van der Waals surface area (Å²) < 4.78 is 0.